The third kappa shape index (κ3) is 3.68. The number of amides is 2. The molecule has 0 aliphatic heterocycles. The highest BCUT2D eigenvalue weighted by atomic mass is 16.5. The molecule has 24 heavy (non-hydrogen) atoms. The van der Waals surface area contributed by atoms with Gasteiger partial charge in [0.1, 0.15) is 5.75 Å². The minimum absolute atomic E-state index is 0.0226. The topological polar surface area (TPSA) is 61.8 Å². The number of methoxy groups -OCH3 is 1. The van der Waals surface area contributed by atoms with Crippen LogP contribution in [0.15, 0.2) is 48.5 Å². The number of hydrogen-bond donors (Lipinski definition) is 2. The Morgan fingerprint density at radius 3 is 2.75 bits per heavy atom. The van der Waals surface area contributed by atoms with Crippen molar-refractivity contribution in [1.29, 1.82) is 0 Å². The number of hydrogen-bond acceptors (Lipinski definition) is 3. The predicted octanol–water partition coefficient (Wildman–Crippen LogP) is 3.35. The van der Waals surface area contributed by atoms with Gasteiger partial charge < -0.3 is 20.1 Å². The van der Waals surface area contributed by atoms with Crippen molar-refractivity contribution in [1.82, 2.24) is 4.90 Å². The van der Waals surface area contributed by atoms with E-state index < -0.39 is 0 Å². The van der Waals surface area contributed by atoms with E-state index in [2.05, 4.69) is 5.32 Å². The van der Waals surface area contributed by atoms with Crippen molar-refractivity contribution in [2.45, 2.75) is 18.9 Å². The third-order valence-electron chi connectivity index (χ3n) is 4.12. The van der Waals surface area contributed by atoms with E-state index in [9.17, 15) is 4.79 Å². The van der Waals surface area contributed by atoms with Crippen molar-refractivity contribution in [3.63, 3.8) is 0 Å². The Labute approximate surface area is 141 Å². The molecule has 1 saturated carbocycles. The highest BCUT2D eigenvalue weighted by Gasteiger charge is 2.32. The quantitative estimate of drug-likeness (QED) is 0.856. The summed E-state index contributed by atoms with van der Waals surface area (Å²) < 4.78 is 5.41. The van der Waals surface area contributed by atoms with Crippen molar-refractivity contribution < 1.29 is 14.6 Å². The molecule has 2 N–H and O–H groups in total. The van der Waals surface area contributed by atoms with Crippen LogP contribution in [-0.2, 0) is 0 Å². The van der Waals surface area contributed by atoms with E-state index in [1.807, 2.05) is 48.5 Å². The summed E-state index contributed by atoms with van der Waals surface area (Å²) in [4.78, 5) is 14.1. The fraction of sp³-hybridized carbons (Fsp3) is 0.316. The smallest absolute Gasteiger partial charge is 0.322 e. The lowest BCUT2D eigenvalue weighted by Crippen LogP contribution is -2.38. The highest BCUT2D eigenvalue weighted by Crippen LogP contribution is 2.31. The number of benzene rings is 2. The van der Waals surface area contributed by atoms with Gasteiger partial charge in [-0.3, -0.25) is 0 Å². The van der Waals surface area contributed by atoms with Crippen LogP contribution < -0.4 is 10.1 Å². The van der Waals surface area contributed by atoms with Gasteiger partial charge in [-0.25, -0.2) is 4.79 Å². The second kappa shape index (κ2) is 7.36. The van der Waals surface area contributed by atoms with Crippen LogP contribution in [0, 0.1) is 0 Å². The zero-order valence-corrected chi connectivity index (χ0v) is 13.7. The maximum atomic E-state index is 12.4. The maximum absolute atomic E-state index is 12.4. The predicted molar refractivity (Wildman–Crippen MR) is 94.3 cm³/mol. The molecule has 2 aromatic rings. The Morgan fingerprint density at radius 2 is 2.04 bits per heavy atom. The van der Waals surface area contributed by atoms with Gasteiger partial charge in [-0.1, -0.05) is 30.3 Å². The number of nitrogens with one attached hydrogen (secondary N) is 1. The first kappa shape index (κ1) is 16.3. The van der Waals surface area contributed by atoms with Crippen molar-refractivity contribution >= 4 is 11.7 Å². The van der Waals surface area contributed by atoms with Gasteiger partial charge in [0.2, 0.25) is 0 Å². The molecule has 1 aliphatic carbocycles. The molecule has 0 saturated heterocycles. The standard InChI is InChI=1S/C19H22N2O3/c1-24-18-8-3-2-7-17(18)14-5-4-6-15(13-14)20-19(23)21(11-12-22)16-9-10-16/h2-8,13,16,22H,9-12H2,1H3,(H,20,23). The summed E-state index contributed by atoms with van der Waals surface area (Å²) in [6.45, 7) is 0.341. The first-order chi connectivity index (χ1) is 11.7. The maximum Gasteiger partial charge on any atom is 0.322 e. The number of anilines is 1. The summed E-state index contributed by atoms with van der Waals surface area (Å²) in [7, 11) is 1.65. The van der Waals surface area contributed by atoms with Gasteiger partial charge in [0.15, 0.2) is 0 Å². The van der Waals surface area contributed by atoms with Gasteiger partial charge in [-0.2, -0.15) is 0 Å². The van der Waals surface area contributed by atoms with E-state index in [1.165, 1.54) is 0 Å². The SMILES string of the molecule is COc1ccccc1-c1cccc(NC(=O)N(CCO)C2CC2)c1. The Balaban J connectivity index is 1.79. The number of aliphatic hydroxyl groups excluding tert-OH is 1. The van der Waals surface area contributed by atoms with Gasteiger partial charge in [0.25, 0.3) is 0 Å². The number of rotatable bonds is 6. The van der Waals surface area contributed by atoms with Gasteiger partial charge in [0.05, 0.1) is 13.7 Å². The fourth-order valence-electron chi connectivity index (χ4n) is 2.79. The summed E-state index contributed by atoms with van der Waals surface area (Å²) in [5, 5.41) is 12.1. The average molecular weight is 326 g/mol. The van der Waals surface area contributed by atoms with Gasteiger partial charge in [-0.15, -0.1) is 0 Å². The molecule has 2 aromatic carbocycles. The summed E-state index contributed by atoms with van der Waals surface area (Å²) in [5.74, 6) is 0.792. The van der Waals surface area contributed by atoms with E-state index in [4.69, 9.17) is 9.84 Å². The lowest BCUT2D eigenvalue weighted by atomic mass is 10.0. The molecule has 1 aliphatic rings. The Kier molecular flexibility index (Phi) is 5.01. The molecule has 2 amide bonds. The number of aliphatic hydroxyl groups is 1. The second-order valence-corrected chi connectivity index (χ2v) is 5.86. The van der Waals surface area contributed by atoms with Crippen LogP contribution in [0.1, 0.15) is 12.8 Å². The Morgan fingerprint density at radius 1 is 1.25 bits per heavy atom. The average Bonchev–Trinajstić information content (AvgIpc) is 3.44. The Hall–Kier alpha value is -2.53. The monoisotopic (exact) mass is 326 g/mol. The van der Waals surface area contributed by atoms with E-state index in [0.717, 1.165) is 35.4 Å². The lowest BCUT2D eigenvalue weighted by molar-refractivity contribution is 0.185. The van der Waals surface area contributed by atoms with E-state index in [1.54, 1.807) is 12.0 Å². The zero-order valence-electron chi connectivity index (χ0n) is 13.7. The molecule has 5 nitrogen and oxygen atoms in total. The fourth-order valence-corrected chi connectivity index (χ4v) is 2.79. The third-order valence-corrected chi connectivity index (χ3v) is 4.12. The number of urea groups is 1. The van der Waals surface area contributed by atoms with E-state index in [-0.39, 0.29) is 18.7 Å². The van der Waals surface area contributed by atoms with Crippen LogP contribution >= 0.6 is 0 Å². The molecular weight excluding hydrogens is 304 g/mol. The normalized spacial score (nSPS) is 13.4. The molecule has 0 spiro atoms. The van der Waals surface area contributed by atoms with Crippen molar-refractivity contribution in [3.05, 3.63) is 48.5 Å². The van der Waals surface area contributed by atoms with Crippen LogP contribution in [0.4, 0.5) is 10.5 Å². The summed E-state index contributed by atoms with van der Waals surface area (Å²) >= 11 is 0. The number of carbonyl (C=O) groups excluding carboxylic acids is 1. The van der Waals surface area contributed by atoms with Crippen LogP contribution in [0.5, 0.6) is 5.75 Å². The minimum atomic E-state index is -0.163. The molecule has 0 atom stereocenters. The molecule has 3 rings (SSSR count). The van der Waals surface area contributed by atoms with Gasteiger partial charge >= 0.3 is 6.03 Å². The second-order valence-electron chi connectivity index (χ2n) is 5.86. The number of nitrogens with zero attached hydrogens (tertiary/aromatic N) is 1. The van der Waals surface area contributed by atoms with Gasteiger partial charge in [0, 0.05) is 23.8 Å². The largest absolute Gasteiger partial charge is 0.496 e. The first-order valence-electron chi connectivity index (χ1n) is 8.15. The molecule has 0 bridgehead atoms. The molecule has 0 radical (unpaired) electrons. The van der Waals surface area contributed by atoms with Crippen molar-refractivity contribution in [2.24, 2.45) is 0 Å². The molecule has 0 unspecified atom stereocenters. The first-order valence-corrected chi connectivity index (χ1v) is 8.15. The van der Waals surface area contributed by atoms with Crippen LogP contribution in [-0.4, -0.2) is 42.3 Å². The molecule has 1 fully saturated rings. The van der Waals surface area contributed by atoms with Crippen LogP contribution in [0.3, 0.4) is 0 Å². The zero-order chi connectivity index (χ0) is 16.9. The van der Waals surface area contributed by atoms with Crippen LogP contribution in [0.2, 0.25) is 0 Å². The van der Waals surface area contributed by atoms with Crippen molar-refractivity contribution in [3.8, 4) is 16.9 Å². The Bertz CT molecular complexity index is 713. The molecule has 0 heterocycles. The number of para-hydroxylation sites is 1. The molecular formula is C19H22N2O3. The number of ether oxygens (including phenoxy) is 1. The van der Waals surface area contributed by atoms with Crippen LogP contribution in [0.25, 0.3) is 11.1 Å². The summed E-state index contributed by atoms with van der Waals surface area (Å²) in [6, 6.07) is 15.6. The molecule has 5 heteroatoms. The summed E-state index contributed by atoms with van der Waals surface area (Å²) in [5.41, 5.74) is 2.68. The summed E-state index contributed by atoms with van der Waals surface area (Å²) in [6.07, 6.45) is 2.02. The van der Waals surface area contributed by atoms with Crippen molar-refractivity contribution in [2.75, 3.05) is 25.6 Å². The van der Waals surface area contributed by atoms with E-state index >= 15 is 0 Å². The van der Waals surface area contributed by atoms with E-state index in [0.29, 0.717) is 6.54 Å². The molecule has 126 valence electrons. The number of carbonyl (C=O) groups is 1. The minimum Gasteiger partial charge on any atom is -0.496 e. The van der Waals surface area contributed by atoms with Gasteiger partial charge in [-0.05, 0) is 36.6 Å². The highest BCUT2D eigenvalue weighted by molar-refractivity contribution is 5.90. The lowest BCUT2D eigenvalue weighted by Gasteiger charge is -2.22. The molecule has 0 aromatic heterocycles.